The number of thiophene rings is 1. The van der Waals surface area contributed by atoms with Crippen LogP contribution in [0.1, 0.15) is 22.8 Å². The first kappa shape index (κ1) is 20.7. The molecule has 0 atom stereocenters. The summed E-state index contributed by atoms with van der Waals surface area (Å²) < 4.78 is 5.31. The Hall–Kier alpha value is -3.16. The first-order chi connectivity index (χ1) is 15.7. The molecule has 0 fully saturated rings. The Morgan fingerprint density at radius 1 is 1.16 bits per heavy atom. The molecule has 0 radical (unpaired) electrons. The molecular weight excluding hydrogens is 444 g/mol. The maximum absolute atomic E-state index is 12.7. The first-order valence-corrected chi connectivity index (χ1v) is 11.7. The zero-order chi connectivity index (χ0) is 21.9. The van der Waals surface area contributed by atoms with Gasteiger partial charge in [0.2, 0.25) is 17.6 Å². The Morgan fingerprint density at radius 2 is 2.00 bits per heavy atom. The summed E-state index contributed by atoms with van der Waals surface area (Å²) in [6.07, 6.45) is 1.66. The molecule has 0 saturated heterocycles. The summed E-state index contributed by atoms with van der Waals surface area (Å²) in [5, 5.41) is 9.86. The second-order valence-electron chi connectivity index (χ2n) is 7.62. The predicted octanol–water partition coefficient (Wildman–Crippen LogP) is 5.59. The van der Waals surface area contributed by atoms with E-state index in [0.717, 1.165) is 36.4 Å². The number of aryl methyl sites for hydroxylation is 1. The van der Waals surface area contributed by atoms with Gasteiger partial charge in [0.25, 0.3) is 0 Å². The van der Waals surface area contributed by atoms with E-state index in [2.05, 4.69) is 37.9 Å². The summed E-state index contributed by atoms with van der Waals surface area (Å²) in [5.41, 5.74) is 4.05. The van der Waals surface area contributed by atoms with E-state index in [1.54, 1.807) is 12.1 Å². The van der Waals surface area contributed by atoms with Gasteiger partial charge in [-0.05, 0) is 59.8 Å². The van der Waals surface area contributed by atoms with Crippen LogP contribution in [0.3, 0.4) is 0 Å². The number of hydrogen-bond acceptors (Lipinski definition) is 6. The maximum atomic E-state index is 12.7. The lowest BCUT2D eigenvalue weighted by Crippen LogP contribution is -2.30. The smallest absolute Gasteiger partial charge is 0.227 e. The fourth-order valence-corrected chi connectivity index (χ4v) is 4.83. The molecule has 6 nitrogen and oxygen atoms in total. The van der Waals surface area contributed by atoms with Crippen molar-refractivity contribution in [3.05, 3.63) is 81.3 Å². The summed E-state index contributed by atoms with van der Waals surface area (Å²) in [7, 11) is 0. The van der Waals surface area contributed by atoms with E-state index in [9.17, 15) is 4.79 Å². The fourth-order valence-electron chi connectivity index (χ4n) is 3.81. The third kappa shape index (κ3) is 4.54. The van der Waals surface area contributed by atoms with Crippen molar-refractivity contribution >= 4 is 40.2 Å². The summed E-state index contributed by atoms with van der Waals surface area (Å²) in [6, 6.07) is 17.4. The van der Waals surface area contributed by atoms with Gasteiger partial charge in [0, 0.05) is 41.4 Å². The molecule has 1 aliphatic rings. The van der Waals surface area contributed by atoms with Crippen LogP contribution in [0.25, 0.3) is 11.4 Å². The number of carbonyl (C=O) groups excluding carboxylic acids is 1. The second-order valence-corrected chi connectivity index (χ2v) is 9.06. The van der Waals surface area contributed by atoms with Gasteiger partial charge in [-0.15, -0.1) is 11.3 Å². The molecule has 3 heterocycles. The van der Waals surface area contributed by atoms with E-state index in [-0.39, 0.29) is 12.3 Å². The molecule has 32 heavy (non-hydrogen) atoms. The number of halogens is 1. The van der Waals surface area contributed by atoms with Gasteiger partial charge in [-0.2, -0.15) is 4.98 Å². The Morgan fingerprint density at radius 3 is 2.88 bits per heavy atom. The van der Waals surface area contributed by atoms with E-state index in [4.69, 9.17) is 16.1 Å². The summed E-state index contributed by atoms with van der Waals surface area (Å²) in [4.78, 5) is 20.8. The van der Waals surface area contributed by atoms with Crippen LogP contribution in [-0.2, 0) is 24.2 Å². The highest BCUT2D eigenvalue weighted by Gasteiger charge is 2.20. The minimum absolute atomic E-state index is 0.0862. The van der Waals surface area contributed by atoms with Crippen molar-refractivity contribution in [2.45, 2.75) is 25.8 Å². The molecule has 2 aromatic heterocycles. The van der Waals surface area contributed by atoms with Crippen molar-refractivity contribution in [1.82, 2.24) is 10.1 Å². The van der Waals surface area contributed by atoms with Crippen molar-refractivity contribution in [2.24, 2.45) is 0 Å². The Labute approximate surface area is 194 Å². The number of anilines is 2. The lowest BCUT2D eigenvalue weighted by atomic mass is 10.1. The predicted molar refractivity (Wildman–Crippen MR) is 127 cm³/mol. The molecule has 0 saturated carbocycles. The van der Waals surface area contributed by atoms with Crippen LogP contribution in [-0.4, -0.2) is 22.6 Å². The van der Waals surface area contributed by atoms with Gasteiger partial charge in [-0.25, -0.2) is 0 Å². The number of fused-ring (bicyclic) bond motifs is 1. The molecule has 8 heteroatoms. The normalized spacial score (nSPS) is 13.1. The molecule has 1 N–H and O–H groups in total. The number of benzene rings is 2. The van der Waals surface area contributed by atoms with Crippen LogP contribution in [0.15, 0.2) is 64.5 Å². The second kappa shape index (κ2) is 9.14. The highest BCUT2D eigenvalue weighted by molar-refractivity contribution is 7.10. The van der Waals surface area contributed by atoms with Crippen LogP contribution < -0.4 is 10.2 Å². The van der Waals surface area contributed by atoms with Gasteiger partial charge in [0.1, 0.15) is 0 Å². The summed E-state index contributed by atoms with van der Waals surface area (Å²) in [6.45, 7) is 1.80. The highest BCUT2D eigenvalue weighted by Crippen LogP contribution is 2.32. The molecule has 2 aromatic carbocycles. The van der Waals surface area contributed by atoms with Crippen molar-refractivity contribution in [3.8, 4) is 11.4 Å². The van der Waals surface area contributed by atoms with Crippen LogP contribution in [0.5, 0.6) is 0 Å². The van der Waals surface area contributed by atoms with E-state index in [0.29, 0.717) is 23.2 Å². The number of rotatable bonds is 6. The zero-order valence-electron chi connectivity index (χ0n) is 17.3. The molecular formula is C24H21ClN4O2S. The number of para-hydroxylation sites is 2. The number of carbonyl (C=O) groups is 1. The first-order valence-electron chi connectivity index (χ1n) is 10.4. The minimum atomic E-state index is -0.0862. The van der Waals surface area contributed by atoms with Crippen LogP contribution in [0.4, 0.5) is 11.4 Å². The van der Waals surface area contributed by atoms with Gasteiger partial charge >= 0.3 is 0 Å². The van der Waals surface area contributed by atoms with Crippen LogP contribution in [0.2, 0.25) is 5.02 Å². The van der Waals surface area contributed by atoms with Gasteiger partial charge in [-0.1, -0.05) is 28.9 Å². The average molecular weight is 465 g/mol. The summed E-state index contributed by atoms with van der Waals surface area (Å²) >= 11 is 7.74. The van der Waals surface area contributed by atoms with Gasteiger partial charge in [-0.3, -0.25) is 4.79 Å². The number of amides is 1. The van der Waals surface area contributed by atoms with Crippen molar-refractivity contribution < 1.29 is 9.32 Å². The Bertz CT molecular complexity index is 1230. The molecule has 162 valence electrons. The fraction of sp³-hybridized carbons (Fsp3) is 0.208. The molecule has 5 rings (SSSR count). The molecule has 0 aliphatic carbocycles. The van der Waals surface area contributed by atoms with Crippen molar-refractivity contribution in [2.75, 3.05) is 16.8 Å². The standard InChI is InChI=1S/C24H21ClN4O2S/c25-18-7-5-16(6-8-18)24-27-23(31-28-24)10-9-22(30)26-19-3-1-2-4-20(19)29-13-11-21-17(15-29)12-14-32-21/h1-8,12,14H,9-11,13,15H2,(H,26,30). The van der Waals surface area contributed by atoms with Crippen LogP contribution in [0, 0.1) is 0 Å². The number of nitrogens with zero attached hydrogens (tertiary/aromatic N) is 3. The lowest BCUT2D eigenvalue weighted by molar-refractivity contribution is -0.116. The highest BCUT2D eigenvalue weighted by atomic mass is 35.5. The SMILES string of the molecule is O=C(CCc1nc(-c2ccc(Cl)cc2)no1)Nc1ccccc1N1CCc2sccc2C1. The van der Waals surface area contributed by atoms with Gasteiger partial charge in [0.05, 0.1) is 11.4 Å². The van der Waals surface area contributed by atoms with E-state index >= 15 is 0 Å². The molecule has 1 amide bonds. The van der Waals surface area contributed by atoms with Gasteiger partial charge in [0.15, 0.2) is 0 Å². The third-order valence-electron chi connectivity index (χ3n) is 5.46. The molecule has 4 aromatic rings. The van der Waals surface area contributed by atoms with Crippen molar-refractivity contribution in [3.63, 3.8) is 0 Å². The number of nitrogens with one attached hydrogen (secondary N) is 1. The van der Waals surface area contributed by atoms with E-state index < -0.39 is 0 Å². The zero-order valence-corrected chi connectivity index (χ0v) is 18.8. The molecule has 0 spiro atoms. The lowest BCUT2D eigenvalue weighted by Gasteiger charge is -2.30. The average Bonchev–Trinajstić information content (AvgIpc) is 3.48. The Kier molecular flexibility index (Phi) is 5.92. The minimum Gasteiger partial charge on any atom is -0.365 e. The topological polar surface area (TPSA) is 71.3 Å². The van der Waals surface area contributed by atoms with E-state index in [1.807, 2.05) is 41.7 Å². The molecule has 1 aliphatic heterocycles. The summed E-state index contributed by atoms with van der Waals surface area (Å²) in [5.74, 6) is 0.830. The number of aromatic nitrogens is 2. The maximum Gasteiger partial charge on any atom is 0.227 e. The largest absolute Gasteiger partial charge is 0.365 e. The molecule has 0 bridgehead atoms. The Balaban J connectivity index is 1.21. The monoisotopic (exact) mass is 464 g/mol. The van der Waals surface area contributed by atoms with Gasteiger partial charge < -0.3 is 14.7 Å². The van der Waals surface area contributed by atoms with Crippen molar-refractivity contribution in [1.29, 1.82) is 0 Å². The van der Waals surface area contributed by atoms with E-state index in [1.165, 1.54) is 10.4 Å². The number of hydrogen-bond donors (Lipinski definition) is 1. The quantitative estimate of drug-likeness (QED) is 0.403. The third-order valence-corrected chi connectivity index (χ3v) is 6.74. The molecule has 0 unspecified atom stereocenters. The van der Waals surface area contributed by atoms with Crippen LogP contribution >= 0.6 is 22.9 Å².